The van der Waals surface area contributed by atoms with Gasteiger partial charge in [-0.2, -0.15) is 0 Å². The van der Waals surface area contributed by atoms with Crippen LogP contribution in [-0.4, -0.2) is 48.4 Å². The Morgan fingerprint density at radius 3 is 2.49 bits per heavy atom. The van der Waals surface area contributed by atoms with E-state index in [0.29, 0.717) is 54.0 Å². The zero-order valence-corrected chi connectivity index (χ0v) is 22.6. The maximum absolute atomic E-state index is 13.7. The van der Waals surface area contributed by atoms with E-state index in [4.69, 9.17) is 9.15 Å². The van der Waals surface area contributed by atoms with Crippen molar-refractivity contribution in [1.29, 1.82) is 0 Å². The van der Waals surface area contributed by atoms with Crippen LogP contribution in [0.25, 0.3) is 11.0 Å². The van der Waals surface area contributed by atoms with Crippen molar-refractivity contribution in [2.45, 2.75) is 58.0 Å². The van der Waals surface area contributed by atoms with Gasteiger partial charge in [0.1, 0.15) is 11.4 Å². The number of para-hydroxylation sites is 1. The molecule has 1 aliphatic carbocycles. The third-order valence-electron chi connectivity index (χ3n) is 7.45. The van der Waals surface area contributed by atoms with Crippen molar-refractivity contribution < 1.29 is 23.1 Å². The molecular weight excluding hydrogens is 499 g/mol. The van der Waals surface area contributed by atoms with Crippen LogP contribution in [0, 0.1) is 11.7 Å². The molecule has 1 heterocycles. The Morgan fingerprint density at radius 2 is 1.74 bits per heavy atom. The minimum atomic E-state index is -0.371. The molecule has 7 nitrogen and oxygen atoms in total. The largest absolute Gasteiger partial charge is 0.464 e. The zero-order valence-electron chi connectivity index (χ0n) is 22.6. The highest BCUT2D eigenvalue weighted by molar-refractivity contribution is 5.85. The molecular formula is C31H37FN2O5. The van der Waals surface area contributed by atoms with Gasteiger partial charge in [0.05, 0.1) is 30.3 Å². The second-order valence-corrected chi connectivity index (χ2v) is 10.3. The number of rotatable bonds is 13. The third kappa shape index (κ3) is 7.99. The minimum Gasteiger partial charge on any atom is -0.464 e. The van der Waals surface area contributed by atoms with Gasteiger partial charge in [0, 0.05) is 33.2 Å². The lowest BCUT2D eigenvalue weighted by Gasteiger charge is -2.28. The zero-order chi connectivity index (χ0) is 27.6. The number of hydrogen-bond acceptors (Lipinski definition) is 5. The average molecular weight is 537 g/mol. The number of amides is 2. The summed E-state index contributed by atoms with van der Waals surface area (Å²) in [5.74, 6) is -0.131. The Bertz CT molecular complexity index is 1300. The SMILES string of the molecule is COCCCN(CC(=O)N(Cc1ccc(F)cc1)Cc1coc2ccccc2c1=O)C(=O)CCC1CCCC1. The monoisotopic (exact) mass is 536 g/mol. The molecule has 0 bridgehead atoms. The summed E-state index contributed by atoms with van der Waals surface area (Å²) in [6.45, 7) is 0.954. The van der Waals surface area contributed by atoms with Crippen LogP contribution in [0.1, 0.15) is 56.1 Å². The first-order valence-corrected chi connectivity index (χ1v) is 13.7. The predicted molar refractivity (Wildman–Crippen MR) is 147 cm³/mol. The Balaban J connectivity index is 1.53. The molecule has 4 rings (SSSR count). The fourth-order valence-corrected chi connectivity index (χ4v) is 5.21. The lowest BCUT2D eigenvalue weighted by atomic mass is 10.0. The summed E-state index contributed by atoms with van der Waals surface area (Å²) in [5.41, 5.74) is 1.31. The van der Waals surface area contributed by atoms with E-state index in [1.807, 2.05) is 0 Å². The maximum atomic E-state index is 13.7. The van der Waals surface area contributed by atoms with Crippen molar-refractivity contribution in [2.24, 2.45) is 5.92 Å². The summed E-state index contributed by atoms with van der Waals surface area (Å²) < 4.78 is 24.4. The Kier molecular flexibility index (Phi) is 10.3. The summed E-state index contributed by atoms with van der Waals surface area (Å²) in [5, 5.41) is 0.437. The number of carbonyl (C=O) groups is 2. The number of hydrogen-bond donors (Lipinski definition) is 0. The van der Waals surface area contributed by atoms with Gasteiger partial charge in [-0.3, -0.25) is 14.4 Å². The molecule has 0 atom stereocenters. The van der Waals surface area contributed by atoms with Crippen molar-refractivity contribution in [3.8, 4) is 0 Å². The molecule has 0 aliphatic heterocycles. The molecule has 3 aromatic rings. The first-order valence-electron chi connectivity index (χ1n) is 13.7. The normalized spacial score (nSPS) is 13.6. The molecule has 208 valence electrons. The first kappa shape index (κ1) is 28.5. The first-order chi connectivity index (χ1) is 18.9. The van der Waals surface area contributed by atoms with E-state index >= 15 is 0 Å². The molecule has 2 amide bonds. The van der Waals surface area contributed by atoms with E-state index in [9.17, 15) is 18.8 Å². The third-order valence-corrected chi connectivity index (χ3v) is 7.45. The van der Waals surface area contributed by atoms with E-state index in [-0.39, 0.29) is 42.7 Å². The van der Waals surface area contributed by atoms with Gasteiger partial charge in [-0.15, -0.1) is 0 Å². The van der Waals surface area contributed by atoms with Gasteiger partial charge in [-0.25, -0.2) is 4.39 Å². The summed E-state index contributed by atoms with van der Waals surface area (Å²) in [7, 11) is 1.61. The van der Waals surface area contributed by atoms with Crippen LogP contribution < -0.4 is 5.43 Å². The number of fused-ring (bicyclic) bond motifs is 1. The molecule has 8 heteroatoms. The van der Waals surface area contributed by atoms with Gasteiger partial charge in [0.25, 0.3) is 0 Å². The fraction of sp³-hybridized carbons (Fsp3) is 0.452. The summed E-state index contributed by atoms with van der Waals surface area (Å²) in [6.07, 6.45) is 8.02. The van der Waals surface area contributed by atoms with Gasteiger partial charge in [-0.05, 0) is 48.6 Å². The van der Waals surface area contributed by atoms with Gasteiger partial charge in [0.15, 0.2) is 5.43 Å². The molecule has 0 radical (unpaired) electrons. The van der Waals surface area contributed by atoms with E-state index < -0.39 is 0 Å². The lowest BCUT2D eigenvalue weighted by Crippen LogP contribution is -2.43. The minimum absolute atomic E-state index is 0.00551. The van der Waals surface area contributed by atoms with Gasteiger partial charge < -0.3 is 19.0 Å². The van der Waals surface area contributed by atoms with Gasteiger partial charge in [-0.1, -0.05) is 49.9 Å². The van der Waals surface area contributed by atoms with Crippen LogP contribution in [0.15, 0.2) is 64.0 Å². The molecule has 39 heavy (non-hydrogen) atoms. The topological polar surface area (TPSA) is 80.1 Å². The van der Waals surface area contributed by atoms with Gasteiger partial charge in [0.2, 0.25) is 11.8 Å². The number of halogens is 1. The smallest absolute Gasteiger partial charge is 0.242 e. The fourth-order valence-electron chi connectivity index (χ4n) is 5.21. The molecule has 1 saturated carbocycles. The molecule has 0 saturated heterocycles. The maximum Gasteiger partial charge on any atom is 0.242 e. The molecule has 0 spiro atoms. The molecule has 1 aromatic heterocycles. The van der Waals surface area contributed by atoms with Crippen molar-refractivity contribution in [3.05, 3.63) is 82.0 Å². The van der Waals surface area contributed by atoms with Crippen molar-refractivity contribution in [3.63, 3.8) is 0 Å². The highest BCUT2D eigenvalue weighted by Crippen LogP contribution is 2.28. The van der Waals surface area contributed by atoms with Crippen LogP contribution in [0.4, 0.5) is 4.39 Å². The average Bonchev–Trinajstić information content (AvgIpc) is 3.47. The number of nitrogens with zero attached hydrogens (tertiary/aromatic N) is 2. The highest BCUT2D eigenvalue weighted by Gasteiger charge is 2.24. The number of ether oxygens (including phenoxy) is 1. The lowest BCUT2D eigenvalue weighted by molar-refractivity contribution is -0.141. The Labute approximate surface area is 228 Å². The van der Waals surface area contributed by atoms with Gasteiger partial charge >= 0.3 is 0 Å². The highest BCUT2D eigenvalue weighted by atomic mass is 19.1. The number of methoxy groups -OCH3 is 1. The Morgan fingerprint density at radius 1 is 1.00 bits per heavy atom. The second-order valence-electron chi connectivity index (χ2n) is 10.3. The van der Waals surface area contributed by atoms with E-state index in [1.165, 1.54) is 36.1 Å². The molecule has 0 N–H and O–H groups in total. The number of benzene rings is 2. The predicted octanol–water partition coefficient (Wildman–Crippen LogP) is 5.30. The second kappa shape index (κ2) is 14.0. The standard InChI is InChI=1S/C31H37FN2O5/c1-38-18-6-17-33(29(35)16-13-23-7-2-3-8-23)21-30(36)34(19-24-11-14-26(32)15-12-24)20-25-22-39-28-10-5-4-9-27(28)31(25)37/h4-5,9-12,14-15,22-23H,2-3,6-8,13,16-21H2,1H3. The van der Waals surface area contributed by atoms with Crippen LogP contribution in [0.2, 0.25) is 0 Å². The van der Waals surface area contributed by atoms with E-state index in [2.05, 4.69) is 0 Å². The van der Waals surface area contributed by atoms with Crippen molar-refractivity contribution in [1.82, 2.24) is 9.80 Å². The van der Waals surface area contributed by atoms with Crippen LogP contribution in [0.5, 0.6) is 0 Å². The molecule has 0 unspecified atom stereocenters. The van der Waals surface area contributed by atoms with Crippen LogP contribution in [-0.2, 0) is 27.4 Å². The summed E-state index contributed by atoms with van der Waals surface area (Å²) in [4.78, 5) is 43.2. The molecule has 1 fully saturated rings. The number of carbonyl (C=O) groups excluding carboxylic acids is 2. The van der Waals surface area contributed by atoms with E-state index in [0.717, 1.165) is 19.3 Å². The molecule has 1 aliphatic rings. The molecule has 2 aromatic carbocycles. The van der Waals surface area contributed by atoms with Crippen molar-refractivity contribution >= 4 is 22.8 Å². The van der Waals surface area contributed by atoms with Crippen LogP contribution >= 0.6 is 0 Å². The Hall–Kier alpha value is -3.52. The van der Waals surface area contributed by atoms with Crippen LogP contribution in [0.3, 0.4) is 0 Å². The summed E-state index contributed by atoms with van der Waals surface area (Å²) in [6, 6.07) is 12.9. The van der Waals surface area contributed by atoms with E-state index in [1.54, 1.807) is 48.4 Å². The quantitative estimate of drug-likeness (QED) is 0.277. The summed E-state index contributed by atoms with van der Waals surface area (Å²) >= 11 is 0. The van der Waals surface area contributed by atoms with Crippen molar-refractivity contribution in [2.75, 3.05) is 26.8 Å².